The Kier molecular flexibility index (Phi) is 5.51. The van der Waals surface area contributed by atoms with E-state index in [1.807, 2.05) is 19.1 Å². The van der Waals surface area contributed by atoms with Gasteiger partial charge in [-0.25, -0.2) is 4.39 Å². The van der Waals surface area contributed by atoms with Crippen LogP contribution in [0.15, 0.2) is 42.5 Å². The van der Waals surface area contributed by atoms with Crippen LogP contribution >= 0.6 is 0 Å². The molecular weight excluding hydrogens is 261 g/mol. The molecule has 0 aromatic heterocycles. The number of nitrogens with one attached hydrogen (secondary N) is 1. The van der Waals surface area contributed by atoms with E-state index in [9.17, 15) is 4.39 Å². The highest BCUT2D eigenvalue weighted by Crippen LogP contribution is 2.23. The lowest BCUT2D eigenvalue weighted by Gasteiger charge is -2.09. The Labute approximate surface area is 127 Å². The molecule has 0 saturated heterocycles. The van der Waals surface area contributed by atoms with Gasteiger partial charge in [-0.1, -0.05) is 57.2 Å². The maximum Gasteiger partial charge on any atom is 0.128 e. The van der Waals surface area contributed by atoms with Gasteiger partial charge in [0, 0.05) is 12.1 Å². The predicted molar refractivity (Wildman–Crippen MR) is 87.8 cm³/mol. The van der Waals surface area contributed by atoms with Crippen molar-refractivity contribution in [1.29, 1.82) is 0 Å². The zero-order valence-electron chi connectivity index (χ0n) is 13.1. The van der Waals surface area contributed by atoms with Crippen LogP contribution in [0.4, 0.5) is 4.39 Å². The molecule has 2 heteroatoms. The second-order valence-corrected chi connectivity index (χ2v) is 5.88. The van der Waals surface area contributed by atoms with Crippen LogP contribution in [0, 0.1) is 11.7 Å². The van der Waals surface area contributed by atoms with Crippen molar-refractivity contribution in [2.75, 3.05) is 6.54 Å². The van der Waals surface area contributed by atoms with Crippen molar-refractivity contribution in [3.05, 3.63) is 59.4 Å². The molecule has 0 saturated carbocycles. The molecule has 2 aromatic carbocycles. The fraction of sp³-hybridized carbons (Fsp3) is 0.368. The number of benzene rings is 2. The molecule has 2 rings (SSSR count). The summed E-state index contributed by atoms with van der Waals surface area (Å²) in [6.07, 6.45) is 1.08. The molecule has 21 heavy (non-hydrogen) atoms. The van der Waals surface area contributed by atoms with Crippen molar-refractivity contribution in [1.82, 2.24) is 5.32 Å². The van der Waals surface area contributed by atoms with Gasteiger partial charge in [-0.2, -0.15) is 0 Å². The maximum atomic E-state index is 14.1. The lowest BCUT2D eigenvalue weighted by Crippen LogP contribution is -2.12. The van der Waals surface area contributed by atoms with Crippen molar-refractivity contribution in [3.63, 3.8) is 0 Å². The predicted octanol–water partition coefficient (Wildman–Crippen LogP) is 4.80. The molecule has 0 aliphatic carbocycles. The molecule has 0 bridgehead atoms. The normalized spacial score (nSPS) is 11.1. The van der Waals surface area contributed by atoms with E-state index < -0.39 is 0 Å². The minimum atomic E-state index is -0.139. The van der Waals surface area contributed by atoms with E-state index in [1.54, 1.807) is 6.07 Å². The summed E-state index contributed by atoms with van der Waals surface area (Å²) in [5, 5.41) is 3.15. The van der Waals surface area contributed by atoms with E-state index in [2.05, 4.69) is 43.4 Å². The Morgan fingerprint density at radius 2 is 1.67 bits per heavy atom. The van der Waals surface area contributed by atoms with Crippen molar-refractivity contribution < 1.29 is 4.39 Å². The molecule has 0 spiro atoms. The summed E-state index contributed by atoms with van der Waals surface area (Å²) >= 11 is 0. The molecule has 112 valence electrons. The van der Waals surface area contributed by atoms with Crippen LogP contribution in [0.2, 0.25) is 0 Å². The Hall–Kier alpha value is -1.67. The van der Waals surface area contributed by atoms with Crippen LogP contribution < -0.4 is 5.32 Å². The number of halogens is 1. The quantitative estimate of drug-likeness (QED) is 0.804. The third-order valence-electron chi connectivity index (χ3n) is 3.55. The van der Waals surface area contributed by atoms with Crippen LogP contribution in [0.5, 0.6) is 0 Å². The van der Waals surface area contributed by atoms with Gasteiger partial charge in [0.05, 0.1) is 0 Å². The fourth-order valence-electron chi connectivity index (χ4n) is 2.43. The second-order valence-electron chi connectivity index (χ2n) is 5.88. The number of hydrogen-bond acceptors (Lipinski definition) is 1. The van der Waals surface area contributed by atoms with Crippen LogP contribution in [-0.4, -0.2) is 6.54 Å². The fourth-order valence-corrected chi connectivity index (χ4v) is 2.43. The first-order chi connectivity index (χ1) is 10.1. The van der Waals surface area contributed by atoms with Crippen LogP contribution in [0.3, 0.4) is 0 Å². The second kappa shape index (κ2) is 7.37. The summed E-state index contributed by atoms with van der Waals surface area (Å²) in [6, 6.07) is 13.9. The van der Waals surface area contributed by atoms with E-state index in [-0.39, 0.29) is 5.82 Å². The van der Waals surface area contributed by atoms with E-state index in [1.165, 1.54) is 5.56 Å². The molecule has 0 aliphatic heterocycles. The molecule has 2 aromatic rings. The van der Waals surface area contributed by atoms with Gasteiger partial charge in [-0.3, -0.25) is 0 Å². The van der Waals surface area contributed by atoms with Crippen molar-refractivity contribution in [3.8, 4) is 11.1 Å². The van der Waals surface area contributed by atoms with E-state index in [0.29, 0.717) is 12.5 Å². The summed E-state index contributed by atoms with van der Waals surface area (Å²) in [7, 11) is 0. The minimum absolute atomic E-state index is 0.139. The molecule has 0 aliphatic rings. The van der Waals surface area contributed by atoms with Crippen LogP contribution in [0.1, 0.15) is 31.9 Å². The standard InChI is InChI=1S/C19H24FN/c1-4-21-13-18-10-9-17(12-19(18)20)16-7-5-15(6-8-16)11-14(2)3/h5-10,12,14,21H,4,11,13H2,1-3H3. The molecule has 1 nitrogen and oxygen atoms in total. The van der Waals surface area contributed by atoms with Gasteiger partial charge in [0.1, 0.15) is 5.82 Å². The van der Waals surface area contributed by atoms with Gasteiger partial charge < -0.3 is 5.32 Å². The molecular formula is C19H24FN. The molecule has 0 fully saturated rings. The summed E-state index contributed by atoms with van der Waals surface area (Å²) in [5.74, 6) is 0.512. The molecule has 0 heterocycles. The first kappa shape index (κ1) is 15.7. The zero-order chi connectivity index (χ0) is 15.2. The number of hydrogen-bond donors (Lipinski definition) is 1. The van der Waals surface area contributed by atoms with Crippen molar-refractivity contribution in [2.24, 2.45) is 5.92 Å². The summed E-state index contributed by atoms with van der Waals surface area (Å²) in [6.45, 7) is 7.87. The van der Waals surface area contributed by atoms with Crippen LogP contribution in [0.25, 0.3) is 11.1 Å². The summed E-state index contributed by atoms with van der Waals surface area (Å²) in [4.78, 5) is 0. The van der Waals surface area contributed by atoms with Gasteiger partial charge in [0.25, 0.3) is 0 Å². The highest BCUT2D eigenvalue weighted by Gasteiger charge is 2.05. The van der Waals surface area contributed by atoms with Crippen LogP contribution in [-0.2, 0) is 13.0 Å². The summed E-state index contributed by atoms with van der Waals surface area (Å²) in [5.41, 5.74) is 4.05. The SMILES string of the molecule is CCNCc1ccc(-c2ccc(CC(C)C)cc2)cc1F. The first-order valence-corrected chi connectivity index (χ1v) is 7.68. The zero-order valence-corrected chi connectivity index (χ0v) is 13.1. The first-order valence-electron chi connectivity index (χ1n) is 7.68. The third kappa shape index (κ3) is 4.40. The molecule has 1 N–H and O–H groups in total. The summed E-state index contributed by atoms with van der Waals surface area (Å²) < 4.78 is 14.1. The Morgan fingerprint density at radius 3 is 2.24 bits per heavy atom. The third-order valence-corrected chi connectivity index (χ3v) is 3.55. The molecule has 0 atom stereocenters. The average Bonchev–Trinajstić information content (AvgIpc) is 2.46. The van der Waals surface area contributed by atoms with Crippen molar-refractivity contribution >= 4 is 0 Å². The van der Waals surface area contributed by atoms with E-state index >= 15 is 0 Å². The Morgan fingerprint density at radius 1 is 1.00 bits per heavy atom. The highest BCUT2D eigenvalue weighted by atomic mass is 19.1. The monoisotopic (exact) mass is 285 g/mol. The Bertz CT molecular complexity index is 573. The highest BCUT2D eigenvalue weighted by molar-refractivity contribution is 5.64. The van der Waals surface area contributed by atoms with Crippen molar-refractivity contribution in [2.45, 2.75) is 33.7 Å². The molecule has 0 radical (unpaired) electrons. The van der Waals surface area contributed by atoms with Gasteiger partial charge in [-0.15, -0.1) is 0 Å². The van der Waals surface area contributed by atoms with E-state index in [0.717, 1.165) is 29.7 Å². The van der Waals surface area contributed by atoms with Gasteiger partial charge in [-0.05, 0) is 41.6 Å². The number of rotatable bonds is 6. The smallest absolute Gasteiger partial charge is 0.128 e. The topological polar surface area (TPSA) is 12.0 Å². The maximum absolute atomic E-state index is 14.1. The van der Waals surface area contributed by atoms with E-state index in [4.69, 9.17) is 0 Å². The van der Waals surface area contributed by atoms with Gasteiger partial charge in [0.2, 0.25) is 0 Å². The lowest BCUT2D eigenvalue weighted by atomic mass is 9.98. The minimum Gasteiger partial charge on any atom is -0.313 e. The average molecular weight is 285 g/mol. The lowest BCUT2D eigenvalue weighted by molar-refractivity contribution is 0.594. The largest absolute Gasteiger partial charge is 0.313 e. The Balaban J connectivity index is 2.16. The molecule has 0 amide bonds. The molecule has 0 unspecified atom stereocenters. The van der Waals surface area contributed by atoms with Gasteiger partial charge >= 0.3 is 0 Å². The van der Waals surface area contributed by atoms with Gasteiger partial charge in [0.15, 0.2) is 0 Å².